The molecule has 0 spiro atoms. The average Bonchev–Trinajstić information content (AvgIpc) is 2.87. The van der Waals surface area contributed by atoms with Crippen LogP contribution in [0.3, 0.4) is 0 Å². The van der Waals surface area contributed by atoms with Gasteiger partial charge in [0.2, 0.25) is 0 Å². The zero-order chi connectivity index (χ0) is 13.4. The summed E-state index contributed by atoms with van der Waals surface area (Å²) in [4.78, 5) is 11.6. The Hall–Kier alpha value is -0.900. The maximum absolute atomic E-state index is 11.7. The molecular formula is C12H19O5P. The molecule has 0 aliphatic carbocycles. The van der Waals surface area contributed by atoms with Crippen molar-refractivity contribution in [2.24, 2.45) is 0 Å². The van der Waals surface area contributed by atoms with Crippen LogP contribution in [0.2, 0.25) is 0 Å². The van der Waals surface area contributed by atoms with Crippen LogP contribution in [0.25, 0.3) is 0 Å². The van der Waals surface area contributed by atoms with E-state index in [0.29, 0.717) is 6.42 Å². The molecule has 0 amide bonds. The first kappa shape index (κ1) is 15.2. The summed E-state index contributed by atoms with van der Waals surface area (Å²) in [5.74, 6) is 0.823. The molecule has 102 valence electrons. The Morgan fingerprint density at radius 2 is 2.06 bits per heavy atom. The van der Waals surface area contributed by atoms with Crippen LogP contribution in [-0.4, -0.2) is 26.2 Å². The summed E-state index contributed by atoms with van der Waals surface area (Å²) in [5.41, 5.74) is 0. The lowest BCUT2D eigenvalue weighted by Crippen LogP contribution is -2.07. The summed E-state index contributed by atoms with van der Waals surface area (Å²) in [5, 5.41) is 0. The maximum Gasteiger partial charge on any atom is 0.337 e. The number of Topliss-reactive ketones (excluding diaryl/α,β-unsaturated/α-hetero) is 1. The van der Waals surface area contributed by atoms with Gasteiger partial charge in [-0.15, -0.1) is 0 Å². The van der Waals surface area contributed by atoms with Crippen LogP contribution in [0, 0.1) is 0 Å². The molecule has 0 saturated carbocycles. The van der Waals surface area contributed by atoms with Gasteiger partial charge in [-0.25, -0.2) is 0 Å². The van der Waals surface area contributed by atoms with Crippen molar-refractivity contribution in [3.8, 4) is 0 Å². The van der Waals surface area contributed by atoms with Crippen LogP contribution in [0.15, 0.2) is 22.8 Å². The third-order valence-corrected chi connectivity index (χ3v) is 4.49. The second-order valence-electron chi connectivity index (χ2n) is 3.96. The Bertz CT molecular complexity index is 391. The molecule has 0 radical (unpaired) electrons. The molecule has 1 aromatic heterocycles. The lowest BCUT2D eigenvalue weighted by Gasteiger charge is -2.12. The van der Waals surface area contributed by atoms with Crippen molar-refractivity contribution in [1.29, 1.82) is 0 Å². The van der Waals surface area contributed by atoms with E-state index in [-0.39, 0.29) is 11.9 Å². The molecule has 0 aliphatic rings. The van der Waals surface area contributed by atoms with E-state index in [1.54, 1.807) is 6.26 Å². The van der Waals surface area contributed by atoms with Gasteiger partial charge in [-0.2, -0.15) is 0 Å². The normalized spacial score (nSPS) is 11.7. The minimum atomic E-state index is -3.20. The topological polar surface area (TPSA) is 65.7 Å². The fourth-order valence-electron chi connectivity index (χ4n) is 1.57. The number of carbonyl (C=O) groups excluding carboxylic acids is 1. The Kier molecular flexibility index (Phi) is 6.33. The highest BCUT2D eigenvalue weighted by atomic mass is 31.2. The molecule has 0 bridgehead atoms. The predicted molar refractivity (Wildman–Crippen MR) is 67.8 cm³/mol. The summed E-state index contributed by atoms with van der Waals surface area (Å²) in [7, 11) is -0.630. The molecule has 1 rings (SSSR count). The van der Waals surface area contributed by atoms with E-state index in [9.17, 15) is 9.36 Å². The van der Waals surface area contributed by atoms with Crippen molar-refractivity contribution in [2.45, 2.75) is 25.7 Å². The van der Waals surface area contributed by atoms with Crippen LogP contribution in [0.5, 0.6) is 0 Å². The van der Waals surface area contributed by atoms with Crippen LogP contribution in [0.4, 0.5) is 0 Å². The Labute approximate surface area is 107 Å². The largest absolute Gasteiger partial charge is 0.469 e. The first-order valence-electron chi connectivity index (χ1n) is 5.84. The fraction of sp³-hybridized carbons (Fsp3) is 0.583. The molecule has 18 heavy (non-hydrogen) atoms. The van der Waals surface area contributed by atoms with Crippen molar-refractivity contribution in [2.75, 3.05) is 20.4 Å². The molecule has 0 fully saturated rings. The molecule has 0 saturated heterocycles. The minimum Gasteiger partial charge on any atom is -0.469 e. The molecule has 6 heteroatoms. The molecule has 0 aliphatic heterocycles. The second kappa shape index (κ2) is 7.52. The summed E-state index contributed by atoms with van der Waals surface area (Å²) in [6.45, 7) is 0. The highest BCUT2D eigenvalue weighted by Gasteiger charge is 2.24. The first-order chi connectivity index (χ1) is 8.59. The summed E-state index contributed by atoms with van der Waals surface area (Å²) in [6, 6.07) is 3.75. The lowest BCUT2D eigenvalue weighted by atomic mass is 10.1. The molecule has 1 heterocycles. The summed E-state index contributed by atoms with van der Waals surface area (Å²) >= 11 is 0. The quantitative estimate of drug-likeness (QED) is 0.511. The fourth-order valence-corrected chi connectivity index (χ4v) is 2.57. The van der Waals surface area contributed by atoms with Gasteiger partial charge < -0.3 is 13.5 Å². The van der Waals surface area contributed by atoms with Crippen LogP contribution in [-0.2, 0) is 24.8 Å². The number of unbranched alkanes of at least 4 members (excludes halogenated alkanes) is 1. The molecular weight excluding hydrogens is 255 g/mol. The standard InChI is InChI=1S/C12H19O5P/c1-15-18(14,16-2)10-11(13)6-3-4-7-12-8-5-9-17-12/h5,8-9H,3-4,6-7,10H2,1-2H3. The van der Waals surface area contributed by atoms with Gasteiger partial charge in [0.25, 0.3) is 0 Å². The average molecular weight is 274 g/mol. The van der Waals surface area contributed by atoms with Crippen LogP contribution in [0.1, 0.15) is 25.0 Å². The van der Waals surface area contributed by atoms with Crippen molar-refractivity contribution in [1.82, 2.24) is 0 Å². The van der Waals surface area contributed by atoms with Gasteiger partial charge in [-0.1, -0.05) is 0 Å². The number of furan rings is 1. The first-order valence-corrected chi connectivity index (χ1v) is 7.57. The zero-order valence-corrected chi connectivity index (χ0v) is 11.7. The van der Waals surface area contributed by atoms with Gasteiger partial charge in [0.1, 0.15) is 17.7 Å². The van der Waals surface area contributed by atoms with E-state index in [2.05, 4.69) is 0 Å². The van der Waals surface area contributed by atoms with E-state index in [0.717, 1.165) is 25.0 Å². The van der Waals surface area contributed by atoms with Crippen molar-refractivity contribution in [3.63, 3.8) is 0 Å². The minimum absolute atomic E-state index is 0.0959. The van der Waals surface area contributed by atoms with Gasteiger partial charge >= 0.3 is 7.60 Å². The highest BCUT2D eigenvalue weighted by molar-refractivity contribution is 7.54. The SMILES string of the molecule is COP(=O)(CC(=O)CCCCc1ccco1)OC. The Morgan fingerprint density at radius 3 is 2.61 bits per heavy atom. The predicted octanol–water partition coefficient (Wildman–Crippen LogP) is 3.05. The Balaban J connectivity index is 2.19. The molecule has 0 N–H and O–H groups in total. The van der Waals surface area contributed by atoms with Gasteiger partial charge in [0, 0.05) is 27.1 Å². The second-order valence-corrected chi connectivity index (χ2v) is 6.23. The van der Waals surface area contributed by atoms with E-state index >= 15 is 0 Å². The zero-order valence-electron chi connectivity index (χ0n) is 10.8. The molecule has 5 nitrogen and oxygen atoms in total. The molecule has 0 atom stereocenters. The van der Waals surface area contributed by atoms with Crippen molar-refractivity contribution < 1.29 is 22.8 Å². The lowest BCUT2D eigenvalue weighted by molar-refractivity contribution is -0.117. The number of ketones is 1. The maximum atomic E-state index is 11.7. The molecule has 0 unspecified atom stereocenters. The number of hydrogen-bond donors (Lipinski definition) is 0. The Morgan fingerprint density at radius 1 is 1.33 bits per heavy atom. The van der Waals surface area contributed by atoms with E-state index < -0.39 is 7.60 Å². The number of hydrogen-bond acceptors (Lipinski definition) is 5. The van der Waals surface area contributed by atoms with Crippen LogP contribution < -0.4 is 0 Å². The highest BCUT2D eigenvalue weighted by Crippen LogP contribution is 2.46. The number of carbonyl (C=O) groups is 1. The van der Waals surface area contributed by atoms with Gasteiger partial charge in [-0.3, -0.25) is 9.36 Å². The number of rotatable bonds is 9. The van der Waals surface area contributed by atoms with E-state index in [1.165, 1.54) is 14.2 Å². The smallest absolute Gasteiger partial charge is 0.337 e. The summed E-state index contributed by atoms with van der Waals surface area (Å²) in [6.07, 6.45) is 4.29. The van der Waals surface area contributed by atoms with E-state index in [4.69, 9.17) is 13.5 Å². The summed E-state index contributed by atoms with van der Waals surface area (Å²) < 4.78 is 26.3. The van der Waals surface area contributed by atoms with Gasteiger partial charge in [0.15, 0.2) is 0 Å². The monoisotopic (exact) mass is 274 g/mol. The van der Waals surface area contributed by atoms with Crippen molar-refractivity contribution >= 4 is 13.4 Å². The number of aryl methyl sites for hydroxylation is 1. The van der Waals surface area contributed by atoms with Gasteiger partial charge in [-0.05, 0) is 25.0 Å². The van der Waals surface area contributed by atoms with E-state index in [1.807, 2.05) is 12.1 Å². The molecule has 0 aromatic carbocycles. The van der Waals surface area contributed by atoms with Crippen molar-refractivity contribution in [3.05, 3.63) is 24.2 Å². The molecule has 1 aromatic rings. The third-order valence-electron chi connectivity index (χ3n) is 2.64. The van der Waals surface area contributed by atoms with Crippen LogP contribution >= 0.6 is 7.60 Å². The third kappa shape index (κ3) is 5.17. The van der Waals surface area contributed by atoms with Gasteiger partial charge in [0.05, 0.1) is 6.26 Å².